The van der Waals surface area contributed by atoms with Gasteiger partial charge in [0, 0.05) is 44.3 Å². The minimum atomic E-state index is -0.0665. The van der Waals surface area contributed by atoms with Crippen LogP contribution in [0.1, 0.15) is 19.4 Å². The maximum atomic E-state index is 13.4. The van der Waals surface area contributed by atoms with Gasteiger partial charge in [-0.05, 0) is 32.1 Å². The van der Waals surface area contributed by atoms with Crippen molar-refractivity contribution in [3.05, 3.63) is 92.5 Å². The number of nitrogens with zero attached hydrogens (tertiary/aromatic N) is 5. The van der Waals surface area contributed by atoms with E-state index in [1.807, 2.05) is 55.2 Å². The van der Waals surface area contributed by atoms with E-state index in [0.29, 0.717) is 44.5 Å². The molecule has 0 aliphatic carbocycles. The zero-order valence-electron chi connectivity index (χ0n) is 19.6. The molecule has 2 aromatic rings. The zero-order chi connectivity index (χ0) is 24.2. The molecule has 1 saturated heterocycles. The number of amides is 2. The highest BCUT2D eigenvalue weighted by Crippen LogP contribution is 2.23. The van der Waals surface area contributed by atoms with Crippen molar-refractivity contribution in [2.24, 2.45) is 0 Å². The van der Waals surface area contributed by atoms with Crippen molar-refractivity contribution in [1.82, 2.24) is 14.9 Å². The van der Waals surface area contributed by atoms with E-state index >= 15 is 0 Å². The number of allylic oxidation sites excluding steroid dienone is 2. The maximum absolute atomic E-state index is 13.4. The Hall–Kier alpha value is -3.87. The molecule has 3 rings (SSSR count). The van der Waals surface area contributed by atoms with Crippen LogP contribution in [0.25, 0.3) is 5.76 Å². The molecule has 7 heteroatoms. The first kappa shape index (κ1) is 25.4. The number of benzene rings is 1. The summed E-state index contributed by atoms with van der Waals surface area (Å²) in [7, 11) is 0. The SMILES string of the molecule is C=C.C=C/C(=C\C)N(C(=O)N1CCN(c2ncc(C(=C)OCC)cn2)CC1)c1ccccc1. The molecule has 0 bridgehead atoms. The summed E-state index contributed by atoms with van der Waals surface area (Å²) >= 11 is 0. The molecule has 33 heavy (non-hydrogen) atoms. The van der Waals surface area contributed by atoms with Crippen molar-refractivity contribution < 1.29 is 9.53 Å². The molecular formula is C26H33N5O2. The molecule has 2 amide bonds. The van der Waals surface area contributed by atoms with E-state index in [-0.39, 0.29) is 6.03 Å². The van der Waals surface area contributed by atoms with Gasteiger partial charge in [0.15, 0.2) is 0 Å². The van der Waals surface area contributed by atoms with Gasteiger partial charge in [-0.1, -0.05) is 37.4 Å². The van der Waals surface area contributed by atoms with Crippen molar-refractivity contribution in [3.63, 3.8) is 0 Å². The smallest absolute Gasteiger partial charge is 0.329 e. The second kappa shape index (κ2) is 12.9. The molecule has 1 aromatic carbocycles. The van der Waals surface area contributed by atoms with Gasteiger partial charge in [-0.25, -0.2) is 14.8 Å². The van der Waals surface area contributed by atoms with Crippen LogP contribution < -0.4 is 9.80 Å². The fourth-order valence-corrected chi connectivity index (χ4v) is 3.41. The van der Waals surface area contributed by atoms with Gasteiger partial charge in [0.05, 0.1) is 17.9 Å². The number of piperazine rings is 1. The van der Waals surface area contributed by atoms with Crippen molar-refractivity contribution in [1.29, 1.82) is 0 Å². The summed E-state index contributed by atoms with van der Waals surface area (Å²) in [6.07, 6.45) is 7.03. The van der Waals surface area contributed by atoms with E-state index in [4.69, 9.17) is 4.74 Å². The molecular weight excluding hydrogens is 414 g/mol. The largest absolute Gasteiger partial charge is 0.494 e. The van der Waals surface area contributed by atoms with E-state index in [1.54, 1.807) is 23.4 Å². The van der Waals surface area contributed by atoms with Crippen LogP contribution in [-0.2, 0) is 4.74 Å². The van der Waals surface area contributed by atoms with Crippen LogP contribution in [0.2, 0.25) is 0 Å². The van der Waals surface area contributed by atoms with Crippen LogP contribution in [0.5, 0.6) is 0 Å². The Morgan fingerprint density at radius 1 is 1.12 bits per heavy atom. The number of hydrogen-bond donors (Lipinski definition) is 0. The molecule has 1 fully saturated rings. The monoisotopic (exact) mass is 447 g/mol. The van der Waals surface area contributed by atoms with Crippen molar-refractivity contribution in [3.8, 4) is 0 Å². The van der Waals surface area contributed by atoms with Crippen LogP contribution in [-0.4, -0.2) is 53.7 Å². The summed E-state index contributed by atoms with van der Waals surface area (Å²) < 4.78 is 5.40. The molecule has 0 N–H and O–H groups in total. The van der Waals surface area contributed by atoms with E-state index in [9.17, 15) is 4.79 Å². The molecule has 0 saturated carbocycles. The molecule has 0 unspecified atom stereocenters. The quantitative estimate of drug-likeness (QED) is 0.335. The van der Waals surface area contributed by atoms with E-state index in [1.165, 1.54) is 0 Å². The van der Waals surface area contributed by atoms with E-state index < -0.39 is 0 Å². The number of hydrogen-bond acceptors (Lipinski definition) is 5. The number of rotatable bonds is 7. The van der Waals surface area contributed by atoms with Gasteiger partial charge in [-0.3, -0.25) is 4.90 Å². The van der Waals surface area contributed by atoms with Crippen LogP contribution in [0.3, 0.4) is 0 Å². The predicted molar refractivity (Wildman–Crippen MR) is 136 cm³/mol. The Morgan fingerprint density at radius 3 is 2.24 bits per heavy atom. The van der Waals surface area contributed by atoms with E-state index in [2.05, 4.69) is 41.2 Å². The Balaban J connectivity index is 0.00000187. The molecule has 0 atom stereocenters. The number of anilines is 2. The Kier molecular flexibility index (Phi) is 9.89. The fraction of sp³-hybridized carbons (Fsp3) is 0.269. The van der Waals surface area contributed by atoms with Gasteiger partial charge in [-0.2, -0.15) is 0 Å². The van der Waals surface area contributed by atoms with Gasteiger partial charge in [0.1, 0.15) is 5.76 Å². The molecule has 2 heterocycles. The first-order valence-corrected chi connectivity index (χ1v) is 10.9. The Labute approximate surface area is 197 Å². The third-order valence-electron chi connectivity index (χ3n) is 5.08. The van der Waals surface area contributed by atoms with Gasteiger partial charge >= 0.3 is 6.03 Å². The van der Waals surface area contributed by atoms with E-state index in [0.717, 1.165) is 16.9 Å². The van der Waals surface area contributed by atoms with Crippen LogP contribution in [0.4, 0.5) is 16.4 Å². The molecule has 174 valence electrons. The first-order valence-electron chi connectivity index (χ1n) is 10.9. The number of ether oxygens (including phenoxy) is 1. The summed E-state index contributed by atoms with van der Waals surface area (Å²) in [6.45, 7) is 20.6. The van der Waals surface area contributed by atoms with Gasteiger partial charge in [0.25, 0.3) is 0 Å². The van der Waals surface area contributed by atoms with Gasteiger partial charge < -0.3 is 14.5 Å². The standard InChI is InChI=1S/C24H29N5O2.C2H4/c1-5-21(6-2)29(22-11-9-8-10-12-22)24(30)28-15-13-27(14-16-28)23-25-17-20(18-26-23)19(4)31-7-3;1-2/h5-6,8-12,17-18H,1,4,7,13-16H2,2-3H3;1-2H2/b21-6+;. The Bertz CT molecular complexity index is 948. The second-order valence-electron chi connectivity index (χ2n) is 6.97. The predicted octanol–water partition coefficient (Wildman–Crippen LogP) is 5.12. The van der Waals surface area contributed by atoms with Crippen LogP contribution in [0, 0.1) is 0 Å². The fourth-order valence-electron chi connectivity index (χ4n) is 3.41. The Morgan fingerprint density at radius 2 is 1.73 bits per heavy atom. The highest BCUT2D eigenvalue weighted by atomic mass is 16.5. The van der Waals surface area contributed by atoms with Crippen molar-refractivity contribution in [2.45, 2.75) is 13.8 Å². The minimum absolute atomic E-state index is 0.0665. The lowest BCUT2D eigenvalue weighted by atomic mass is 10.2. The lowest BCUT2D eigenvalue weighted by Gasteiger charge is -2.37. The number of urea groups is 1. The molecule has 1 aliphatic heterocycles. The number of carbonyl (C=O) groups is 1. The van der Waals surface area contributed by atoms with Crippen LogP contribution >= 0.6 is 0 Å². The average molecular weight is 448 g/mol. The minimum Gasteiger partial charge on any atom is -0.494 e. The van der Waals surface area contributed by atoms with Crippen LogP contribution in [0.15, 0.2) is 86.9 Å². The lowest BCUT2D eigenvalue weighted by Crippen LogP contribution is -2.53. The third-order valence-corrected chi connectivity index (χ3v) is 5.08. The zero-order valence-corrected chi connectivity index (χ0v) is 19.6. The molecule has 1 aliphatic rings. The maximum Gasteiger partial charge on any atom is 0.329 e. The molecule has 7 nitrogen and oxygen atoms in total. The van der Waals surface area contributed by atoms with Crippen molar-refractivity contribution >= 4 is 23.4 Å². The highest BCUT2D eigenvalue weighted by molar-refractivity contribution is 5.96. The molecule has 1 aromatic heterocycles. The first-order chi connectivity index (χ1) is 16.1. The third kappa shape index (κ3) is 6.32. The second-order valence-corrected chi connectivity index (χ2v) is 6.97. The van der Waals surface area contributed by atoms with Gasteiger partial charge in [-0.15, -0.1) is 13.2 Å². The number of para-hydroxylation sites is 1. The summed E-state index contributed by atoms with van der Waals surface area (Å²) in [5.41, 5.74) is 2.34. The summed E-state index contributed by atoms with van der Waals surface area (Å²) in [5.74, 6) is 1.20. The summed E-state index contributed by atoms with van der Waals surface area (Å²) in [4.78, 5) is 27.9. The number of aromatic nitrogens is 2. The number of carbonyl (C=O) groups excluding carboxylic acids is 1. The molecule has 0 spiro atoms. The highest BCUT2D eigenvalue weighted by Gasteiger charge is 2.28. The van der Waals surface area contributed by atoms with Crippen molar-refractivity contribution in [2.75, 3.05) is 42.6 Å². The lowest BCUT2D eigenvalue weighted by molar-refractivity contribution is 0.202. The summed E-state index contributed by atoms with van der Waals surface area (Å²) in [5, 5.41) is 0. The van der Waals surface area contributed by atoms with Gasteiger partial charge in [0.2, 0.25) is 5.95 Å². The summed E-state index contributed by atoms with van der Waals surface area (Å²) in [6, 6.07) is 9.56. The topological polar surface area (TPSA) is 61.8 Å². The molecule has 0 radical (unpaired) electrons. The normalized spacial score (nSPS) is 13.5. The average Bonchev–Trinajstić information content (AvgIpc) is 2.89.